The second-order valence-corrected chi connectivity index (χ2v) is 13.8. The molecule has 0 radical (unpaired) electrons. The van der Waals surface area contributed by atoms with Gasteiger partial charge < -0.3 is 5.11 Å². The van der Waals surface area contributed by atoms with Crippen molar-refractivity contribution in [3.05, 3.63) is 99.6 Å². The average molecular weight is 527 g/mol. The predicted molar refractivity (Wildman–Crippen MR) is 162 cm³/mol. The molecular formula is C36H46O3. The molecule has 3 nitrogen and oxygen atoms in total. The number of carbonyl (C=O) groups is 2. The van der Waals surface area contributed by atoms with Gasteiger partial charge in [-0.15, -0.1) is 0 Å². The van der Waals surface area contributed by atoms with Crippen LogP contribution < -0.4 is 0 Å². The molecule has 0 atom stereocenters. The second kappa shape index (κ2) is 11.5. The highest BCUT2D eigenvalue weighted by molar-refractivity contribution is 6.12. The van der Waals surface area contributed by atoms with E-state index in [2.05, 4.69) is 41.5 Å². The molecule has 3 heteroatoms. The minimum atomic E-state index is -0.549. The molecule has 3 rings (SSSR count). The van der Waals surface area contributed by atoms with Gasteiger partial charge in [0.15, 0.2) is 11.6 Å². The van der Waals surface area contributed by atoms with Crippen LogP contribution in [0.4, 0.5) is 0 Å². The fraction of sp³-hybridized carbons (Fsp3) is 0.444. The lowest BCUT2D eigenvalue weighted by Gasteiger charge is -2.37. The van der Waals surface area contributed by atoms with Gasteiger partial charge in [-0.05, 0) is 45.8 Å². The fourth-order valence-electron chi connectivity index (χ4n) is 5.56. The number of hydrogen-bond acceptors (Lipinski definition) is 3. The van der Waals surface area contributed by atoms with Crippen LogP contribution in [0.25, 0.3) is 0 Å². The van der Waals surface area contributed by atoms with Crippen molar-refractivity contribution in [2.45, 2.75) is 104 Å². The molecule has 1 N–H and O–H groups in total. The van der Waals surface area contributed by atoms with Crippen LogP contribution in [0.1, 0.15) is 124 Å². The SMILES string of the molecule is CC(C)(C)c1c(O)c(C(C)(C)C)c(C(C)(C)C)c(C(=O)CCc2ccccc2)c1C(=O)CCc1ccccc1. The van der Waals surface area contributed by atoms with E-state index in [1.165, 1.54) is 0 Å². The molecule has 0 bridgehead atoms. The molecule has 0 spiro atoms. The van der Waals surface area contributed by atoms with E-state index in [0.29, 0.717) is 36.0 Å². The van der Waals surface area contributed by atoms with Gasteiger partial charge in [0.05, 0.1) is 0 Å². The number of aryl methyl sites for hydroxylation is 2. The highest BCUT2D eigenvalue weighted by atomic mass is 16.3. The number of phenols is 1. The van der Waals surface area contributed by atoms with Crippen molar-refractivity contribution in [3.63, 3.8) is 0 Å². The monoisotopic (exact) mass is 526 g/mol. The number of carbonyl (C=O) groups excluding carboxylic acids is 2. The summed E-state index contributed by atoms with van der Waals surface area (Å²) in [6.45, 7) is 18.4. The summed E-state index contributed by atoms with van der Waals surface area (Å²) in [5.41, 5.74) is 3.77. The Kier molecular flexibility index (Phi) is 8.95. The van der Waals surface area contributed by atoms with Crippen molar-refractivity contribution in [1.82, 2.24) is 0 Å². The lowest BCUT2D eigenvalue weighted by atomic mass is 9.66. The molecule has 0 unspecified atom stereocenters. The van der Waals surface area contributed by atoms with E-state index in [1.807, 2.05) is 81.4 Å². The molecule has 208 valence electrons. The average Bonchev–Trinajstić information content (AvgIpc) is 2.84. The third-order valence-electron chi connectivity index (χ3n) is 7.25. The van der Waals surface area contributed by atoms with Crippen LogP contribution in [-0.4, -0.2) is 16.7 Å². The van der Waals surface area contributed by atoms with Crippen LogP contribution in [0.5, 0.6) is 5.75 Å². The normalized spacial score (nSPS) is 12.4. The summed E-state index contributed by atoms with van der Waals surface area (Å²) in [6, 6.07) is 19.9. The standard InChI is InChI=1S/C36H46O3/c1-34(2,3)30-28(26(37)22-20-24-16-12-10-13-17-24)29(27(38)23-21-25-18-14-11-15-19-25)31(35(4,5)6)33(39)32(30)36(7,8)9/h10-19,39H,20-23H2,1-9H3. The highest BCUT2D eigenvalue weighted by Gasteiger charge is 2.40. The first kappa shape index (κ1) is 30.3. The molecule has 0 saturated heterocycles. The number of rotatable bonds is 8. The van der Waals surface area contributed by atoms with Crippen LogP contribution in [0.3, 0.4) is 0 Å². The number of Topliss-reactive ketones (excluding diaryl/α,β-unsaturated/α-hetero) is 2. The lowest BCUT2D eigenvalue weighted by molar-refractivity contribution is 0.0945. The Morgan fingerprint density at radius 1 is 0.538 bits per heavy atom. The minimum Gasteiger partial charge on any atom is -0.507 e. The summed E-state index contributed by atoms with van der Waals surface area (Å²) in [7, 11) is 0. The summed E-state index contributed by atoms with van der Waals surface area (Å²) in [5.74, 6) is 0.0264. The maximum absolute atomic E-state index is 14.3. The molecule has 0 heterocycles. The van der Waals surface area contributed by atoms with Crippen LogP contribution in [0.2, 0.25) is 0 Å². The van der Waals surface area contributed by atoms with Crippen molar-refractivity contribution in [2.24, 2.45) is 0 Å². The number of aromatic hydroxyl groups is 1. The molecule has 39 heavy (non-hydrogen) atoms. The number of hydrogen-bond donors (Lipinski definition) is 1. The van der Waals surface area contributed by atoms with Crippen LogP contribution in [0, 0.1) is 0 Å². The zero-order valence-corrected chi connectivity index (χ0v) is 25.4. The van der Waals surface area contributed by atoms with Crippen molar-refractivity contribution >= 4 is 11.6 Å². The fourth-order valence-corrected chi connectivity index (χ4v) is 5.56. The molecule has 3 aromatic rings. The van der Waals surface area contributed by atoms with Gasteiger partial charge in [0.1, 0.15) is 5.75 Å². The van der Waals surface area contributed by atoms with E-state index in [4.69, 9.17) is 0 Å². The number of phenolic OH excluding ortho intramolecular Hbond substituents is 1. The Hall–Kier alpha value is -3.20. The Morgan fingerprint density at radius 2 is 0.872 bits per heavy atom. The Balaban J connectivity index is 2.33. The van der Waals surface area contributed by atoms with Gasteiger partial charge in [0, 0.05) is 35.1 Å². The highest BCUT2D eigenvalue weighted by Crippen LogP contribution is 2.49. The smallest absolute Gasteiger partial charge is 0.164 e. The molecule has 0 fully saturated rings. The lowest BCUT2D eigenvalue weighted by Crippen LogP contribution is -2.31. The van der Waals surface area contributed by atoms with Gasteiger partial charge in [-0.25, -0.2) is 0 Å². The Labute approximate surface area is 235 Å². The van der Waals surface area contributed by atoms with E-state index in [-0.39, 0.29) is 23.7 Å². The predicted octanol–water partition coefficient (Wildman–Crippen LogP) is 8.92. The maximum Gasteiger partial charge on any atom is 0.164 e. The third-order valence-corrected chi connectivity index (χ3v) is 7.25. The molecule has 0 amide bonds. The van der Waals surface area contributed by atoms with Crippen molar-refractivity contribution in [2.75, 3.05) is 0 Å². The quantitative estimate of drug-likeness (QED) is 0.298. The molecule has 0 aliphatic carbocycles. The zero-order valence-electron chi connectivity index (χ0n) is 25.4. The summed E-state index contributed by atoms with van der Waals surface area (Å²) in [6.07, 6.45) is 1.74. The van der Waals surface area contributed by atoms with Gasteiger partial charge in [-0.2, -0.15) is 0 Å². The minimum absolute atomic E-state index is 0.0390. The summed E-state index contributed by atoms with van der Waals surface area (Å²) in [5, 5.41) is 12.0. The van der Waals surface area contributed by atoms with Crippen molar-refractivity contribution < 1.29 is 14.7 Å². The first-order chi connectivity index (χ1) is 18.0. The van der Waals surface area contributed by atoms with Crippen LogP contribution >= 0.6 is 0 Å². The molecule has 0 aromatic heterocycles. The Morgan fingerprint density at radius 3 is 1.21 bits per heavy atom. The topological polar surface area (TPSA) is 54.4 Å². The first-order valence-corrected chi connectivity index (χ1v) is 14.1. The largest absolute Gasteiger partial charge is 0.507 e. The molecular weight excluding hydrogens is 480 g/mol. The van der Waals surface area contributed by atoms with Gasteiger partial charge in [-0.1, -0.05) is 123 Å². The summed E-state index contributed by atoms with van der Waals surface area (Å²) < 4.78 is 0. The van der Waals surface area contributed by atoms with Gasteiger partial charge in [-0.3, -0.25) is 9.59 Å². The second-order valence-electron chi connectivity index (χ2n) is 13.8. The molecule has 3 aromatic carbocycles. The first-order valence-electron chi connectivity index (χ1n) is 14.1. The number of ketones is 2. The Bertz CT molecular complexity index is 1310. The van der Waals surface area contributed by atoms with E-state index in [1.54, 1.807) is 0 Å². The van der Waals surface area contributed by atoms with Gasteiger partial charge in [0.2, 0.25) is 0 Å². The summed E-state index contributed by atoms with van der Waals surface area (Å²) in [4.78, 5) is 28.5. The molecule has 0 aliphatic rings. The van der Waals surface area contributed by atoms with E-state index < -0.39 is 16.2 Å². The van der Waals surface area contributed by atoms with Gasteiger partial charge in [0.25, 0.3) is 0 Å². The third kappa shape index (κ3) is 7.06. The van der Waals surface area contributed by atoms with Crippen LogP contribution in [0.15, 0.2) is 60.7 Å². The maximum atomic E-state index is 14.3. The van der Waals surface area contributed by atoms with E-state index in [9.17, 15) is 14.7 Å². The van der Waals surface area contributed by atoms with Crippen molar-refractivity contribution in [3.8, 4) is 5.75 Å². The van der Waals surface area contributed by atoms with E-state index >= 15 is 0 Å². The molecule has 0 saturated carbocycles. The van der Waals surface area contributed by atoms with Crippen LogP contribution in [-0.2, 0) is 29.1 Å². The van der Waals surface area contributed by atoms with Crippen molar-refractivity contribution in [1.29, 1.82) is 0 Å². The summed E-state index contributed by atoms with van der Waals surface area (Å²) >= 11 is 0. The molecule has 0 aliphatic heterocycles. The zero-order chi connectivity index (χ0) is 29.2. The van der Waals surface area contributed by atoms with E-state index in [0.717, 1.165) is 22.3 Å². The number of benzene rings is 3. The van der Waals surface area contributed by atoms with Gasteiger partial charge >= 0.3 is 0 Å².